The highest BCUT2D eigenvalue weighted by Gasteiger charge is 2.33. The van der Waals surface area contributed by atoms with Gasteiger partial charge in [0.05, 0.1) is 20.3 Å². The molecule has 1 saturated heterocycles. The van der Waals surface area contributed by atoms with Gasteiger partial charge < -0.3 is 34.7 Å². The Hall–Kier alpha value is -4.21. The van der Waals surface area contributed by atoms with Crippen LogP contribution < -0.4 is 20.1 Å². The second-order valence-electron chi connectivity index (χ2n) is 9.15. The van der Waals surface area contributed by atoms with E-state index in [1.54, 1.807) is 7.11 Å². The first-order valence-corrected chi connectivity index (χ1v) is 12.4. The molecule has 3 amide bonds. The van der Waals surface area contributed by atoms with Gasteiger partial charge >= 0.3 is 6.09 Å². The third kappa shape index (κ3) is 5.47. The highest BCUT2D eigenvalue weighted by Crippen LogP contribution is 2.31. The number of aromatic amines is 1. The Labute approximate surface area is 214 Å². The maximum absolute atomic E-state index is 13.0. The SMILES string of the molecule is COc1ccc2cc1OCCCN(C(=O)[C@@H]1COC(=O)N1)CC(=O)NCCc1c([nH]c3ccccc13)C2. The molecule has 0 unspecified atom stereocenters. The normalized spacial score (nSPS) is 18.8. The molecule has 194 valence electrons. The van der Waals surface area contributed by atoms with Gasteiger partial charge in [0, 0.05) is 36.1 Å². The maximum Gasteiger partial charge on any atom is 0.407 e. The summed E-state index contributed by atoms with van der Waals surface area (Å²) in [7, 11) is 1.60. The highest BCUT2D eigenvalue weighted by atomic mass is 16.6. The van der Waals surface area contributed by atoms with Crippen molar-refractivity contribution in [3.8, 4) is 11.5 Å². The summed E-state index contributed by atoms with van der Waals surface area (Å²) in [6.45, 7) is 0.851. The van der Waals surface area contributed by atoms with Crippen molar-refractivity contribution in [2.45, 2.75) is 25.3 Å². The average Bonchev–Trinajstić information content (AvgIpc) is 3.48. The predicted octanol–water partition coefficient (Wildman–Crippen LogP) is 2.15. The first kappa shape index (κ1) is 24.5. The Bertz CT molecular complexity index is 1320. The van der Waals surface area contributed by atoms with E-state index in [0.717, 1.165) is 27.7 Å². The standard InChI is InChI=1S/C27H30N4O6/c1-35-23-8-7-17-13-21-19(18-5-2-3-6-20(18)29-21)9-10-28-25(32)15-31(11-4-12-36-24(23)14-17)26(33)22-16-37-27(34)30-22/h2-3,5-8,14,22,29H,4,9-13,15-16H2,1H3,(H,28,32)(H,30,34)/t22-/m0/s1. The number of rotatable bonds is 2. The van der Waals surface area contributed by atoms with E-state index in [0.29, 0.717) is 43.9 Å². The third-order valence-electron chi connectivity index (χ3n) is 6.66. The van der Waals surface area contributed by atoms with Gasteiger partial charge in [-0.05, 0) is 42.2 Å². The minimum absolute atomic E-state index is 0.0559. The van der Waals surface area contributed by atoms with Gasteiger partial charge in [-0.2, -0.15) is 0 Å². The number of carbonyl (C=O) groups excluding carboxylic acids is 3. The van der Waals surface area contributed by atoms with Crippen LogP contribution in [0.25, 0.3) is 10.9 Å². The molecule has 0 saturated carbocycles. The summed E-state index contributed by atoms with van der Waals surface area (Å²) in [6, 6.07) is 13.2. The summed E-state index contributed by atoms with van der Waals surface area (Å²) < 4.78 is 16.4. The third-order valence-corrected chi connectivity index (χ3v) is 6.66. The molecule has 2 aliphatic heterocycles. The van der Waals surface area contributed by atoms with Crippen molar-refractivity contribution in [1.82, 2.24) is 20.5 Å². The summed E-state index contributed by atoms with van der Waals surface area (Å²) in [4.78, 5) is 42.3. The van der Waals surface area contributed by atoms with Crippen LogP contribution in [0, 0.1) is 0 Å². The molecule has 2 aliphatic rings. The van der Waals surface area contributed by atoms with Crippen LogP contribution in [0.4, 0.5) is 4.79 Å². The Balaban J connectivity index is 1.43. The molecule has 3 heterocycles. The Kier molecular flexibility index (Phi) is 7.16. The quantitative estimate of drug-likeness (QED) is 0.490. The number of cyclic esters (lactones) is 1. The number of nitrogens with one attached hydrogen (secondary N) is 3. The number of methoxy groups -OCH3 is 1. The van der Waals surface area contributed by atoms with Gasteiger partial charge in [-0.25, -0.2) is 4.79 Å². The molecule has 1 atom stereocenters. The van der Waals surface area contributed by atoms with Crippen molar-refractivity contribution in [3.05, 3.63) is 59.3 Å². The largest absolute Gasteiger partial charge is 0.493 e. The molecule has 37 heavy (non-hydrogen) atoms. The van der Waals surface area contributed by atoms with Crippen LogP contribution in [-0.2, 0) is 27.2 Å². The van der Waals surface area contributed by atoms with Crippen molar-refractivity contribution in [3.63, 3.8) is 0 Å². The number of nitrogens with zero attached hydrogens (tertiary/aromatic N) is 1. The Morgan fingerprint density at radius 2 is 2.00 bits per heavy atom. The zero-order chi connectivity index (χ0) is 25.8. The molecule has 2 bridgehead atoms. The first-order chi connectivity index (χ1) is 18.0. The summed E-state index contributed by atoms with van der Waals surface area (Å²) in [6.07, 6.45) is 1.16. The fourth-order valence-electron chi connectivity index (χ4n) is 4.84. The molecule has 5 rings (SSSR count). The first-order valence-electron chi connectivity index (χ1n) is 12.4. The van der Waals surface area contributed by atoms with Crippen molar-refractivity contribution < 1.29 is 28.6 Å². The van der Waals surface area contributed by atoms with Gasteiger partial charge in [0.25, 0.3) is 0 Å². The zero-order valence-corrected chi connectivity index (χ0v) is 20.7. The van der Waals surface area contributed by atoms with Gasteiger partial charge in [0.1, 0.15) is 12.6 Å². The number of H-pyrrole nitrogens is 1. The average molecular weight is 507 g/mol. The monoisotopic (exact) mass is 506 g/mol. The van der Waals surface area contributed by atoms with Crippen LogP contribution >= 0.6 is 0 Å². The lowest BCUT2D eigenvalue weighted by molar-refractivity contribution is -0.137. The molecular formula is C27H30N4O6. The molecule has 2 aromatic carbocycles. The number of alkyl carbamates (subject to hydrolysis) is 1. The van der Waals surface area contributed by atoms with Crippen molar-refractivity contribution in [1.29, 1.82) is 0 Å². The van der Waals surface area contributed by atoms with Crippen LogP contribution in [0.1, 0.15) is 23.2 Å². The number of hydrogen-bond acceptors (Lipinski definition) is 6. The van der Waals surface area contributed by atoms with Crippen LogP contribution in [-0.4, -0.2) is 73.8 Å². The molecule has 10 nitrogen and oxygen atoms in total. The van der Waals surface area contributed by atoms with Crippen molar-refractivity contribution in [2.75, 3.05) is 40.0 Å². The lowest BCUT2D eigenvalue weighted by Crippen LogP contribution is -2.49. The fourth-order valence-corrected chi connectivity index (χ4v) is 4.84. The van der Waals surface area contributed by atoms with Gasteiger partial charge in [-0.3, -0.25) is 9.59 Å². The molecule has 0 radical (unpaired) electrons. The summed E-state index contributed by atoms with van der Waals surface area (Å²) in [5.74, 6) is 0.622. The van der Waals surface area contributed by atoms with Crippen LogP contribution in [0.2, 0.25) is 0 Å². The van der Waals surface area contributed by atoms with Crippen LogP contribution in [0.15, 0.2) is 42.5 Å². The minimum atomic E-state index is -0.808. The number of hydrogen-bond donors (Lipinski definition) is 3. The van der Waals surface area contributed by atoms with Crippen molar-refractivity contribution >= 4 is 28.8 Å². The smallest absolute Gasteiger partial charge is 0.407 e. The molecule has 1 aromatic heterocycles. The Morgan fingerprint density at radius 1 is 1.14 bits per heavy atom. The van der Waals surface area contributed by atoms with E-state index in [4.69, 9.17) is 14.2 Å². The van der Waals surface area contributed by atoms with E-state index < -0.39 is 12.1 Å². The maximum atomic E-state index is 13.0. The lowest BCUT2D eigenvalue weighted by Gasteiger charge is -2.24. The Morgan fingerprint density at radius 3 is 2.81 bits per heavy atom. The number of aromatic nitrogens is 1. The van der Waals surface area contributed by atoms with Gasteiger partial charge in [-0.1, -0.05) is 24.3 Å². The molecule has 10 heteroatoms. The van der Waals surface area contributed by atoms with Gasteiger partial charge in [0.15, 0.2) is 11.5 Å². The molecule has 3 N–H and O–H groups in total. The van der Waals surface area contributed by atoms with Gasteiger partial charge in [0.2, 0.25) is 11.8 Å². The number of para-hydroxylation sites is 1. The zero-order valence-electron chi connectivity index (χ0n) is 20.7. The summed E-state index contributed by atoms with van der Waals surface area (Å²) >= 11 is 0. The molecule has 1 fully saturated rings. The second-order valence-corrected chi connectivity index (χ2v) is 9.15. The highest BCUT2D eigenvalue weighted by molar-refractivity contribution is 5.91. The fraction of sp³-hybridized carbons (Fsp3) is 0.370. The lowest BCUT2D eigenvalue weighted by atomic mass is 10.0. The molecule has 3 aromatic rings. The van der Waals surface area contributed by atoms with E-state index in [1.165, 1.54) is 4.90 Å². The number of carbonyl (C=O) groups is 3. The van der Waals surface area contributed by atoms with Crippen LogP contribution in [0.3, 0.4) is 0 Å². The predicted molar refractivity (Wildman–Crippen MR) is 136 cm³/mol. The molecule has 0 aliphatic carbocycles. The molecular weight excluding hydrogens is 476 g/mol. The van der Waals surface area contributed by atoms with E-state index in [9.17, 15) is 14.4 Å². The van der Waals surface area contributed by atoms with E-state index in [1.807, 2.05) is 36.4 Å². The number of benzene rings is 2. The van der Waals surface area contributed by atoms with E-state index in [-0.39, 0.29) is 31.5 Å². The summed E-state index contributed by atoms with van der Waals surface area (Å²) in [5, 5.41) is 6.56. The van der Waals surface area contributed by atoms with E-state index >= 15 is 0 Å². The van der Waals surface area contributed by atoms with Crippen LogP contribution in [0.5, 0.6) is 11.5 Å². The number of ether oxygens (including phenoxy) is 3. The van der Waals surface area contributed by atoms with E-state index in [2.05, 4.69) is 21.7 Å². The number of fused-ring (bicyclic) bond motifs is 5. The molecule has 0 spiro atoms. The minimum Gasteiger partial charge on any atom is -0.493 e. The van der Waals surface area contributed by atoms with Crippen molar-refractivity contribution in [2.24, 2.45) is 0 Å². The van der Waals surface area contributed by atoms with Gasteiger partial charge in [-0.15, -0.1) is 0 Å². The topological polar surface area (TPSA) is 122 Å². The summed E-state index contributed by atoms with van der Waals surface area (Å²) in [5.41, 5.74) is 4.32. The second kappa shape index (κ2) is 10.8. The number of amides is 3.